The van der Waals surface area contributed by atoms with E-state index < -0.39 is 6.04 Å². The predicted octanol–water partition coefficient (Wildman–Crippen LogP) is 0.289. The standard InChI is InChI=1S/C20H24N4O3/c25-16-5-4-15(18(26)23-16)24-10-13-3-1-2-12(17(13)19(24)27)8-22-20-7-6-14(20)9-21-11-20/h1-3,14-15,21-22H,4-11H2,(H,23,25,26). The van der Waals surface area contributed by atoms with Crippen LogP contribution in [0.1, 0.15) is 47.2 Å². The van der Waals surface area contributed by atoms with Gasteiger partial charge in [-0.1, -0.05) is 18.2 Å². The van der Waals surface area contributed by atoms with Crippen molar-refractivity contribution in [1.82, 2.24) is 20.9 Å². The van der Waals surface area contributed by atoms with Gasteiger partial charge in [0.1, 0.15) is 6.04 Å². The van der Waals surface area contributed by atoms with Crippen LogP contribution in [0.5, 0.6) is 0 Å². The summed E-state index contributed by atoms with van der Waals surface area (Å²) in [5.41, 5.74) is 2.87. The highest BCUT2D eigenvalue weighted by molar-refractivity contribution is 6.05. The molecule has 7 nitrogen and oxygen atoms in total. The lowest BCUT2D eigenvalue weighted by Gasteiger charge is -2.45. The molecule has 142 valence electrons. The number of rotatable bonds is 4. The Bertz CT molecular complexity index is 839. The molecule has 3 unspecified atom stereocenters. The zero-order valence-corrected chi connectivity index (χ0v) is 15.2. The van der Waals surface area contributed by atoms with E-state index in [4.69, 9.17) is 0 Å². The Kier molecular flexibility index (Phi) is 3.84. The van der Waals surface area contributed by atoms with E-state index in [0.29, 0.717) is 25.4 Å². The van der Waals surface area contributed by atoms with E-state index in [1.54, 1.807) is 4.90 Å². The second-order valence-corrected chi connectivity index (χ2v) is 8.23. The molecule has 1 aliphatic carbocycles. The van der Waals surface area contributed by atoms with Crippen LogP contribution in [0.4, 0.5) is 0 Å². The van der Waals surface area contributed by atoms with Crippen LogP contribution in [-0.4, -0.2) is 47.3 Å². The minimum absolute atomic E-state index is 0.0934. The predicted molar refractivity (Wildman–Crippen MR) is 97.7 cm³/mol. The number of imide groups is 1. The van der Waals surface area contributed by atoms with Crippen LogP contribution in [0.2, 0.25) is 0 Å². The van der Waals surface area contributed by atoms with Crippen molar-refractivity contribution >= 4 is 17.7 Å². The van der Waals surface area contributed by atoms with Gasteiger partial charge in [0.25, 0.3) is 5.91 Å². The third-order valence-electron chi connectivity index (χ3n) is 6.82. The van der Waals surface area contributed by atoms with Crippen LogP contribution in [0.3, 0.4) is 0 Å². The highest BCUT2D eigenvalue weighted by Crippen LogP contribution is 2.41. The van der Waals surface area contributed by atoms with Crippen LogP contribution in [0.25, 0.3) is 0 Å². The van der Waals surface area contributed by atoms with E-state index in [9.17, 15) is 14.4 Å². The Morgan fingerprint density at radius 3 is 2.85 bits per heavy atom. The van der Waals surface area contributed by atoms with Crippen molar-refractivity contribution in [3.63, 3.8) is 0 Å². The second kappa shape index (κ2) is 6.14. The fourth-order valence-electron chi connectivity index (χ4n) is 5.10. The minimum Gasteiger partial charge on any atom is -0.322 e. The maximum absolute atomic E-state index is 13.1. The molecule has 4 aliphatic rings. The van der Waals surface area contributed by atoms with Gasteiger partial charge in [0.2, 0.25) is 11.8 Å². The summed E-state index contributed by atoms with van der Waals surface area (Å²) in [5.74, 6) is -0.0286. The largest absolute Gasteiger partial charge is 0.322 e. The molecule has 7 heteroatoms. The Morgan fingerprint density at radius 1 is 1.22 bits per heavy atom. The Labute approximate surface area is 157 Å². The molecule has 27 heavy (non-hydrogen) atoms. The first-order chi connectivity index (χ1) is 13.1. The van der Waals surface area contributed by atoms with Gasteiger partial charge in [0.05, 0.1) is 0 Å². The number of hydrogen-bond acceptors (Lipinski definition) is 5. The molecule has 3 heterocycles. The lowest BCUT2D eigenvalue weighted by Crippen LogP contribution is -2.57. The number of benzene rings is 1. The van der Waals surface area contributed by atoms with E-state index in [1.807, 2.05) is 18.2 Å². The van der Waals surface area contributed by atoms with Gasteiger partial charge in [-0.15, -0.1) is 0 Å². The van der Waals surface area contributed by atoms with E-state index in [1.165, 1.54) is 12.8 Å². The van der Waals surface area contributed by atoms with Crippen molar-refractivity contribution in [2.75, 3.05) is 13.1 Å². The number of carbonyl (C=O) groups is 3. The van der Waals surface area contributed by atoms with Crippen LogP contribution in [0, 0.1) is 5.92 Å². The van der Waals surface area contributed by atoms with Gasteiger partial charge >= 0.3 is 0 Å². The number of carbonyl (C=O) groups excluding carboxylic acids is 3. The number of amides is 3. The molecule has 0 bridgehead atoms. The third kappa shape index (κ3) is 2.60. The van der Waals surface area contributed by atoms with Crippen LogP contribution in [-0.2, 0) is 22.7 Å². The molecule has 0 aromatic heterocycles. The molecule has 1 saturated carbocycles. The number of piperidine rings is 1. The van der Waals surface area contributed by atoms with Crippen molar-refractivity contribution in [1.29, 1.82) is 0 Å². The highest BCUT2D eigenvalue weighted by atomic mass is 16.2. The lowest BCUT2D eigenvalue weighted by molar-refractivity contribution is -0.136. The summed E-state index contributed by atoms with van der Waals surface area (Å²) in [4.78, 5) is 38.4. The average Bonchev–Trinajstić information content (AvgIpc) is 3.11. The van der Waals surface area contributed by atoms with Crippen LogP contribution in [0.15, 0.2) is 18.2 Å². The lowest BCUT2D eigenvalue weighted by atomic mass is 9.69. The van der Waals surface area contributed by atoms with Gasteiger partial charge in [0, 0.05) is 37.2 Å². The van der Waals surface area contributed by atoms with Gasteiger partial charge in [-0.25, -0.2) is 0 Å². The fraction of sp³-hybridized carbons (Fsp3) is 0.550. The minimum atomic E-state index is -0.558. The summed E-state index contributed by atoms with van der Waals surface area (Å²) < 4.78 is 0. The summed E-state index contributed by atoms with van der Waals surface area (Å²) in [6, 6.07) is 5.39. The zero-order valence-electron chi connectivity index (χ0n) is 15.2. The van der Waals surface area contributed by atoms with Gasteiger partial charge < -0.3 is 15.5 Å². The summed E-state index contributed by atoms with van der Waals surface area (Å²) in [5, 5.41) is 9.54. The van der Waals surface area contributed by atoms with Crippen LogP contribution < -0.4 is 16.0 Å². The molecule has 3 N–H and O–H groups in total. The molecule has 3 atom stereocenters. The maximum atomic E-state index is 13.1. The van der Waals surface area contributed by atoms with Gasteiger partial charge in [-0.05, 0) is 42.9 Å². The van der Waals surface area contributed by atoms with E-state index in [0.717, 1.165) is 29.8 Å². The summed E-state index contributed by atoms with van der Waals surface area (Å²) in [7, 11) is 0. The monoisotopic (exact) mass is 368 g/mol. The molecule has 0 radical (unpaired) electrons. The first kappa shape index (κ1) is 16.9. The summed E-state index contributed by atoms with van der Waals surface area (Å²) >= 11 is 0. The topological polar surface area (TPSA) is 90.5 Å². The zero-order chi connectivity index (χ0) is 18.6. The second-order valence-electron chi connectivity index (χ2n) is 8.23. The Balaban J connectivity index is 1.35. The van der Waals surface area contributed by atoms with Gasteiger partial charge in [-0.2, -0.15) is 0 Å². The van der Waals surface area contributed by atoms with E-state index >= 15 is 0 Å². The Morgan fingerprint density at radius 2 is 2.11 bits per heavy atom. The summed E-state index contributed by atoms with van der Waals surface area (Å²) in [6.45, 7) is 3.16. The number of nitrogens with zero attached hydrogens (tertiary/aromatic N) is 1. The van der Waals surface area contributed by atoms with Crippen molar-refractivity contribution in [2.24, 2.45) is 5.92 Å². The Hall–Kier alpha value is -2.25. The number of fused-ring (bicyclic) bond motifs is 2. The van der Waals surface area contributed by atoms with Crippen molar-refractivity contribution in [3.05, 3.63) is 34.9 Å². The molecule has 5 rings (SSSR count). The molecule has 3 aliphatic heterocycles. The third-order valence-corrected chi connectivity index (χ3v) is 6.82. The fourth-order valence-corrected chi connectivity index (χ4v) is 5.10. The quantitative estimate of drug-likeness (QED) is 0.665. The van der Waals surface area contributed by atoms with Crippen molar-refractivity contribution in [3.8, 4) is 0 Å². The average molecular weight is 368 g/mol. The van der Waals surface area contributed by atoms with Crippen molar-refractivity contribution < 1.29 is 14.4 Å². The molecule has 3 fully saturated rings. The highest BCUT2D eigenvalue weighted by Gasteiger charge is 2.49. The molecule has 0 spiro atoms. The van der Waals surface area contributed by atoms with Gasteiger partial charge in [-0.3, -0.25) is 19.7 Å². The molecular weight excluding hydrogens is 344 g/mol. The molecule has 1 aromatic rings. The molecule has 1 aromatic carbocycles. The first-order valence-electron chi connectivity index (χ1n) is 9.78. The summed E-state index contributed by atoms with van der Waals surface area (Å²) in [6.07, 6.45) is 3.11. The van der Waals surface area contributed by atoms with Gasteiger partial charge in [0.15, 0.2) is 0 Å². The van der Waals surface area contributed by atoms with Crippen LogP contribution >= 0.6 is 0 Å². The normalized spacial score (nSPS) is 32.1. The number of nitrogens with one attached hydrogen (secondary N) is 3. The first-order valence-corrected chi connectivity index (χ1v) is 9.78. The SMILES string of the molecule is O=C1CCC(N2Cc3cccc(CNC45CCC4CNC5)c3C2=O)C(=O)N1. The van der Waals surface area contributed by atoms with E-state index in [2.05, 4.69) is 16.0 Å². The molecular formula is C20H24N4O3. The smallest absolute Gasteiger partial charge is 0.255 e. The molecule has 3 amide bonds. The molecule has 2 saturated heterocycles. The van der Waals surface area contributed by atoms with Crippen molar-refractivity contribution in [2.45, 2.75) is 50.4 Å². The number of hydrogen-bond donors (Lipinski definition) is 3. The van der Waals surface area contributed by atoms with E-state index in [-0.39, 0.29) is 29.7 Å². The maximum Gasteiger partial charge on any atom is 0.255 e.